The van der Waals surface area contributed by atoms with E-state index in [1.807, 2.05) is 0 Å². The number of urea groups is 1. The third kappa shape index (κ3) is 3.20. The largest absolute Gasteiger partial charge is 0.481 e. The molecule has 0 saturated carbocycles. The van der Waals surface area contributed by atoms with Gasteiger partial charge in [0.05, 0.1) is 5.41 Å². The molecule has 2 saturated heterocycles. The molecule has 0 aliphatic carbocycles. The van der Waals surface area contributed by atoms with Crippen LogP contribution in [0.3, 0.4) is 0 Å². The number of likely N-dealkylation sites (tertiary alicyclic amines) is 1. The zero-order valence-corrected chi connectivity index (χ0v) is 11.6. The maximum Gasteiger partial charge on any atom is 0.317 e. The number of nitrogens with one attached hydrogen (secondary N) is 2. The van der Waals surface area contributed by atoms with Crippen molar-refractivity contribution in [1.82, 2.24) is 15.5 Å². The van der Waals surface area contributed by atoms with E-state index in [0.29, 0.717) is 32.4 Å². The first-order valence-corrected chi connectivity index (χ1v) is 6.96. The average Bonchev–Trinajstić information content (AvgIpc) is 2.81. The summed E-state index contributed by atoms with van der Waals surface area (Å²) in [6, 6.07) is -0.263. The van der Waals surface area contributed by atoms with E-state index in [1.165, 1.54) is 0 Å². The fourth-order valence-electron chi connectivity index (χ4n) is 2.74. The van der Waals surface area contributed by atoms with Crippen molar-refractivity contribution in [2.75, 3.05) is 19.6 Å². The molecule has 0 spiro atoms. The molecule has 3 N–H and O–H groups in total. The molecule has 2 aliphatic rings. The molecule has 2 aliphatic heterocycles. The van der Waals surface area contributed by atoms with Crippen LogP contribution in [0.4, 0.5) is 4.79 Å². The number of amides is 3. The minimum atomic E-state index is -0.864. The number of rotatable bonds is 3. The molecule has 7 nitrogen and oxygen atoms in total. The van der Waals surface area contributed by atoms with Crippen molar-refractivity contribution in [2.45, 2.75) is 38.6 Å². The van der Waals surface area contributed by atoms with Gasteiger partial charge in [-0.2, -0.15) is 0 Å². The Hall–Kier alpha value is -1.79. The van der Waals surface area contributed by atoms with Gasteiger partial charge in [-0.15, -0.1) is 0 Å². The van der Waals surface area contributed by atoms with Crippen molar-refractivity contribution in [2.24, 2.45) is 5.41 Å². The standard InChI is InChI=1S/C13H21N3O4/c1-13(11(18)19)5-2-6-16(8-13)12(20)14-7-9-3-4-10(17)15-9/h9H,2-8H2,1H3,(H,14,20)(H,15,17)(H,18,19). The molecule has 2 fully saturated rings. The first kappa shape index (κ1) is 14.6. The molecule has 2 unspecified atom stereocenters. The van der Waals surface area contributed by atoms with Crippen LogP contribution in [0.5, 0.6) is 0 Å². The average molecular weight is 283 g/mol. The number of carbonyl (C=O) groups excluding carboxylic acids is 2. The third-order valence-corrected chi connectivity index (χ3v) is 4.08. The van der Waals surface area contributed by atoms with E-state index in [4.69, 9.17) is 0 Å². The van der Waals surface area contributed by atoms with Crippen molar-refractivity contribution >= 4 is 17.9 Å². The molecule has 0 bridgehead atoms. The second-order valence-corrected chi connectivity index (χ2v) is 5.88. The molecule has 20 heavy (non-hydrogen) atoms. The van der Waals surface area contributed by atoms with Gasteiger partial charge in [0.15, 0.2) is 0 Å². The number of hydrogen-bond acceptors (Lipinski definition) is 3. The molecule has 2 heterocycles. The van der Waals surface area contributed by atoms with Gasteiger partial charge in [0, 0.05) is 32.1 Å². The normalized spacial score (nSPS) is 29.9. The fourth-order valence-corrected chi connectivity index (χ4v) is 2.74. The summed E-state index contributed by atoms with van der Waals surface area (Å²) in [5, 5.41) is 14.8. The molecular formula is C13H21N3O4. The van der Waals surface area contributed by atoms with E-state index >= 15 is 0 Å². The van der Waals surface area contributed by atoms with E-state index in [2.05, 4.69) is 10.6 Å². The van der Waals surface area contributed by atoms with Gasteiger partial charge in [-0.3, -0.25) is 9.59 Å². The Morgan fingerprint density at radius 3 is 2.90 bits per heavy atom. The second kappa shape index (κ2) is 5.68. The summed E-state index contributed by atoms with van der Waals surface area (Å²) in [5.74, 6) is -0.848. The van der Waals surface area contributed by atoms with Crippen molar-refractivity contribution in [3.05, 3.63) is 0 Å². The number of hydrogen-bond donors (Lipinski definition) is 3. The van der Waals surface area contributed by atoms with Gasteiger partial charge in [0.25, 0.3) is 0 Å². The lowest BCUT2D eigenvalue weighted by Gasteiger charge is -2.37. The summed E-state index contributed by atoms with van der Waals surface area (Å²) in [6.45, 7) is 2.87. The summed E-state index contributed by atoms with van der Waals surface area (Å²) in [4.78, 5) is 35.9. The fraction of sp³-hybridized carbons (Fsp3) is 0.769. The van der Waals surface area contributed by atoms with E-state index in [9.17, 15) is 19.5 Å². The molecular weight excluding hydrogens is 262 g/mol. The Bertz CT molecular complexity index is 426. The summed E-state index contributed by atoms with van der Waals surface area (Å²) in [7, 11) is 0. The van der Waals surface area contributed by atoms with Crippen molar-refractivity contribution in [3.63, 3.8) is 0 Å². The predicted octanol–water partition coefficient (Wildman–Crippen LogP) is 0.161. The smallest absolute Gasteiger partial charge is 0.317 e. The SMILES string of the molecule is CC1(C(=O)O)CCCN(C(=O)NCC2CCC(=O)N2)C1. The molecule has 0 radical (unpaired) electrons. The van der Waals surface area contributed by atoms with Gasteiger partial charge in [-0.25, -0.2) is 4.79 Å². The van der Waals surface area contributed by atoms with Crippen LogP contribution >= 0.6 is 0 Å². The van der Waals surface area contributed by atoms with Crippen molar-refractivity contribution < 1.29 is 19.5 Å². The van der Waals surface area contributed by atoms with Gasteiger partial charge < -0.3 is 20.6 Å². The Labute approximate surface area is 117 Å². The zero-order chi connectivity index (χ0) is 14.8. The van der Waals surface area contributed by atoms with Crippen LogP contribution in [0, 0.1) is 5.41 Å². The highest BCUT2D eigenvalue weighted by molar-refractivity contribution is 5.80. The van der Waals surface area contributed by atoms with E-state index < -0.39 is 11.4 Å². The number of piperidine rings is 1. The van der Waals surface area contributed by atoms with E-state index in [-0.39, 0.29) is 24.5 Å². The Kier molecular flexibility index (Phi) is 4.15. The number of carboxylic acid groups (broad SMARTS) is 1. The molecule has 2 rings (SSSR count). The highest BCUT2D eigenvalue weighted by Crippen LogP contribution is 2.29. The summed E-state index contributed by atoms with van der Waals surface area (Å²) in [5.41, 5.74) is -0.864. The summed E-state index contributed by atoms with van der Waals surface area (Å²) >= 11 is 0. The minimum Gasteiger partial charge on any atom is -0.481 e. The molecule has 7 heteroatoms. The van der Waals surface area contributed by atoms with Crippen LogP contribution < -0.4 is 10.6 Å². The first-order valence-electron chi connectivity index (χ1n) is 6.96. The Balaban J connectivity index is 1.83. The maximum atomic E-state index is 12.1. The topological polar surface area (TPSA) is 98.7 Å². The maximum absolute atomic E-state index is 12.1. The highest BCUT2D eigenvalue weighted by Gasteiger charge is 2.39. The monoisotopic (exact) mass is 283 g/mol. The molecule has 0 aromatic carbocycles. The zero-order valence-electron chi connectivity index (χ0n) is 11.6. The molecule has 0 aromatic rings. The third-order valence-electron chi connectivity index (χ3n) is 4.08. The molecule has 112 valence electrons. The number of carboxylic acids is 1. The van der Waals surface area contributed by atoms with Crippen LogP contribution in [0.25, 0.3) is 0 Å². The lowest BCUT2D eigenvalue weighted by molar-refractivity contribution is -0.150. The van der Waals surface area contributed by atoms with Crippen LogP contribution in [0.15, 0.2) is 0 Å². The van der Waals surface area contributed by atoms with Crippen LogP contribution in [-0.2, 0) is 9.59 Å². The van der Waals surface area contributed by atoms with Gasteiger partial charge in [-0.05, 0) is 26.2 Å². The second-order valence-electron chi connectivity index (χ2n) is 5.88. The lowest BCUT2D eigenvalue weighted by Crippen LogP contribution is -2.52. The number of carbonyl (C=O) groups is 3. The van der Waals surface area contributed by atoms with Crippen molar-refractivity contribution in [1.29, 1.82) is 0 Å². The first-order chi connectivity index (χ1) is 9.40. The van der Waals surface area contributed by atoms with E-state index in [1.54, 1.807) is 11.8 Å². The Morgan fingerprint density at radius 1 is 1.55 bits per heavy atom. The van der Waals surface area contributed by atoms with Gasteiger partial charge in [-0.1, -0.05) is 0 Å². The van der Waals surface area contributed by atoms with E-state index in [0.717, 1.165) is 6.42 Å². The van der Waals surface area contributed by atoms with Crippen LogP contribution in [0.2, 0.25) is 0 Å². The molecule has 3 amide bonds. The van der Waals surface area contributed by atoms with Gasteiger partial charge >= 0.3 is 12.0 Å². The number of nitrogens with zero attached hydrogens (tertiary/aromatic N) is 1. The van der Waals surface area contributed by atoms with Crippen LogP contribution in [-0.4, -0.2) is 53.6 Å². The minimum absolute atomic E-state index is 0.0119. The summed E-state index contributed by atoms with van der Waals surface area (Å²) < 4.78 is 0. The number of aliphatic carboxylic acids is 1. The quantitative estimate of drug-likeness (QED) is 0.687. The van der Waals surface area contributed by atoms with Crippen LogP contribution in [0.1, 0.15) is 32.6 Å². The summed E-state index contributed by atoms with van der Waals surface area (Å²) in [6.07, 6.45) is 2.51. The predicted molar refractivity (Wildman–Crippen MR) is 71.1 cm³/mol. The Morgan fingerprint density at radius 2 is 2.30 bits per heavy atom. The lowest BCUT2D eigenvalue weighted by atomic mass is 9.82. The molecule has 2 atom stereocenters. The van der Waals surface area contributed by atoms with Crippen molar-refractivity contribution in [3.8, 4) is 0 Å². The van der Waals surface area contributed by atoms with Gasteiger partial charge in [0.2, 0.25) is 5.91 Å². The van der Waals surface area contributed by atoms with Gasteiger partial charge in [0.1, 0.15) is 0 Å². The highest BCUT2D eigenvalue weighted by atomic mass is 16.4. The molecule has 0 aromatic heterocycles.